The molecule has 0 saturated carbocycles. The lowest BCUT2D eigenvalue weighted by molar-refractivity contribution is -0.126. The van der Waals surface area contributed by atoms with E-state index in [9.17, 15) is 9.59 Å². The number of anilines is 1. The Kier molecular flexibility index (Phi) is 5.52. The molecular weight excluding hydrogens is 424 g/mol. The molecule has 4 rings (SSSR count). The van der Waals surface area contributed by atoms with Gasteiger partial charge in [0.2, 0.25) is 11.8 Å². The molecule has 0 spiro atoms. The first kappa shape index (κ1) is 18.8. The van der Waals surface area contributed by atoms with Gasteiger partial charge in [-0.3, -0.25) is 9.59 Å². The minimum absolute atomic E-state index is 0.0685. The summed E-state index contributed by atoms with van der Waals surface area (Å²) in [7, 11) is 0. The summed E-state index contributed by atoms with van der Waals surface area (Å²) in [5.41, 5.74) is 1.73. The van der Waals surface area contributed by atoms with Gasteiger partial charge in [0.05, 0.1) is 24.9 Å². The largest absolute Gasteiger partial charge is 0.493 e. The summed E-state index contributed by atoms with van der Waals surface area (Å²) < 4.78 is 12.2. The van der Waals surface area contributed by atoms with Crippen LogP contribution >= 0.6 is 15.9 Å². The van der Waals surface area contributed by atoms with Crippen molar-refractivity contribution >= 4 is 33.4 Å². The number of benzene rings is 2. The monoisotopic (exact) mass is 444 g/mol. The molecule has 7 heteroatoms. The Morgan fingerprint density at radius 1 is 1.07 bits per heavy atom. The highest BCUT2D eigenvalue weighted by atomic mass is 79.9. The van der Waals surface area contributed by atoms with E-state index in [0.717, 1.165) is 21.5 Å². The second-order valence-electron chi connectivity index (χ2n) is 6.80. The molecule has 0 fully saturated rings. The van der Waals surface area contributed by atoms with Crippen molar-refractivity contribution in [2.45, 2.75) is 25.3 Å². The Labute approximate surface area is 171 Å². The number of halogens is 1. The van der Waals surface area contributed by atoms with E-state index >= 15 is 0 Å². The van der Waals surface area contributed by atoms with Crippen molar-refractivity contribution in [2.75, 3.05) is 24.7 Å². The van der Waals surface area contributed by atoms with Gasteiger partial charge < -0.3 is 19.7 Å². The van der Waals surface area contributed by atoms with E-state index in [1.54, 1.807) is 4.90 Å². The van der Waals surface area contributed by atoms with Crippen LogP contribution in [-0.2, 0) is 9.59 Å². The molecule has 0 saturated heterocycles. The molecule has 2 heterocycles. The van der Waals surface area contributed by atoms with Gasteiger partial charge in [0.25, 0.3) is 0 Å². The summed E-state index contributed by atoms with van der Waals surface area (Å²) in [5.74, 6) is 1.30. The van der Waals surface area contributed by atoms with Gasteiger partial charge in [0.15, 0.2) is 0 Å². The summed E-state index contributed by atoms with van der Waals surface area (Å²) in [4.78, 5) is 26.8. The molecule has 1 atom stereocenters. The van der Waals surface area contributed by atoms with Crippen LogP contribution in [0.1, 0.15) is 30.9 Å². The average Bonchev–Trinajstić information content (AvgIpc) is 2.72. The Balaban J connectivity index is 1.36. The van der Waals surface area contributed by atoms with Crippen LogP contribution in [0.4, 0.5) is 5.69 Å². The fourth-order valence-corrected chi connectivity index (χ4v) is 3.94. The smallest absolute Gasteiger partial charge is 0.227 e. The zero-order chi connectivity index (χ0) is 19.5. The summed E-state index contributed by atoms with van der Waals surface area (Å²) in [5, 5.41) is 3.04. The summed E-state index contributed by atoms with van der Waals surface area (Å²) in [6.45, 7) is 1.52. The minimum atomic E-state index is -0.132. The molecule has 0 aliphatic carbocycles. The Hall–Kier alpha value is -2.54. The molecule has 1 N–H and O–H groups in total. The van der Waals surface area contributed by atoms with Crippen LogP contribution in [0.2, 0.25) is 0 Å². The third kappa shape index (κ3) is 3.99. The van der Waals surface area contributed by atoms with Gasteiger partial charge in [-0.25, -0.2) is 0 Å². The zero-order valence-electron chi connectivity index (χ0n) is 15.3. The van der Waals surface area contributed by atoms with Gasteiger partial charge in [-0.15, -0.1) is 0 Å². The molecule has 0 bridgehead atoms. The molecule has 2 aliphatic rings. The first-order chi connectivity index (χ1) is 13.6. The molecule has 2 aliphatic heterocycles. The number of hydrogen-bond acceptors (Lipinski definition) is 4. The molecular formula is C21H21BrN2O4. The van der Waals surface area contributed by atoms with E-state index in [-0.39, 0.29) is 30.7 Å². The van der Waals surface area contributed by atoms with Crippen molar-refractivity contribution in [2.24, 2.45) is 0 Å². The number of carbonyl (C=O) groups excluding carboxylic acids is 2. The maximum atomic E-state index is 12.7. The first-order valence-corrected chi connectivity index (χ1v) is 10.1. The van der Waals surface area contributed by atoms with Gasteiger partial charge >= 0.3 is 0 Å². The highest BCUT2D eigenvalue weighted by molar-refractivity contribution is 9.10. The van der Waals surface area contributed by atoms with E-state index in [4.69, 9.17) is 9.47 Å². The third-order valence-corrected chi connectivity index (χ3v) is 5.44. The number of para-hydroxylation sites is 2. The van der Waals surface area contributed by atoms with E-state index in [1.165, 1.54) is 0 Å². The van der Waals surface area contributed by atoms with Gasteiger partial charge in [-0.2, -0.15) is 0 Å². The van der Waals surface area contributed by atoms with Crippen molar-refractivity contribution in [3.05, 3.63) is 52.5 Å². The second kappa shape index (κ2) is 8.22. The average molecular weight is 445 g/mol. The molecule has 28 heavy (non-hydrogen) atoms. The molecule has 1 unspecified atom stereocenters. The second-order valence-corrected chi connectivity index (χ2v) is 7.72. The van der Waals surface area contributed by atoms with Crippen molar-refractivity contribution < 1.29 is 19.1 Å². The van der Waals surface area contributed by atoms with Crippen LogP contribution in [0.25, 0.3) is 0 Å². The van der Waals surface area contributed by atoms with Crippen LogP contribution in [0.5, 0.6) is 11.5 Å². The van der Waals surface area contributed by atoms with E-state index in [1.807, 2.05) is 42.5 Å². The van der Waals surface area contributed by atoms with Crippen molar-refractivity contribution in [3.63, 3.8) is 0 Å². The number of hydrogen-bond donors (Lipinski definition) is 1. The zero-order valence-corrected chi connectivity index (χ0v) is 16.9. The van der Waals surface area contributed by atoms with Crippen molar-refractivity contribution in [1.82, 2.24) is 5.32 Å². The van der Waals surface area contributed by atoms with E-state index in [0.29, 0.717) is 31.9 Å². The Morgan fingerprint density at radius 2 is 1.89 bits per heavy atom. The number of nitrogens with one attached hydrogen (secondary N) is 1. The molecule has 146 valence electrons. The predicted molar refractivity (Wildman–Crippen MR) is 109 cm³/mol. The molecule has 2 aromatic rings. The third-order valence-electron chi connectivity index (χ3n) is 4.94. The molecule has 2 aromatic carbocycles. The quantitative estimate of drug-likeness (QED) is 0.781. The van der Waals surface area contributed by atoms with Crippen molar-refractivity contribution in [3.8, 4) is 11.5 Å². The van der Waals surface area contributed by atoms with Crippen LogP contribution in [0.3, 0.4) is 0 Å². The number of nitrogens with zero attached hydrogens (tertiary/aromatic N) is 1. The maximum Gasteiger partial charge on any atom is 0.227 e. The number of carbonyl (C=O) groups is 2. The molecule has 6 nitrogen and oxygen atoms in total. The summed E-state index contributed by atoms with van der Waals surface area (Å²) >= 11 is 3.46. The van der Waals surface area contributed by atoms with E-state index in [2.05, 4.69) is 21.2 Å². The summed E-state index contributed by atoms with van der Waals surface area (Å²) in [6, 6.07) is 13.2. The fraction of sp³-hybridized carbons (Fsp3) is 0.333. The predicted octanol–water partition coefficient (Wildman–Crippen LogP) is 3.59. The lowest BCUT2D eigenvalue weighted by atomic mass is 10.0. The minimum Gasteiger partial charge on any atom is -0.493 e. The van der Waals surface area contributed by atoms with Gasteiger partial charge in [0.1, 0.15) is 18.1 Å². The van der Waals surface area contributed by atoms with Crippen LogP contribution in [0.15, 0.2) is 46.9 Å². The van der Waals surface area contributed by atoms with Gasteiger partial charge in [0, 0.05) is 29.3 Å². The van der Waals surface area contributed by atoms with Crippen LogP contribution in [-0.4, -0.2) is 31.6 Å². The van der Waals surface area contributed by atoms with Gasteiger partial charge in [-0.05, 0) is 30.3 Å². The summed E-state index contributed by atoms with van der Waals surface area (Å²) in [6.07, 6.45) is 1.02. The maximum absolute atomic E-state index is 12.7. The highest BCUT2D eigenvalue weighted by Gasteiger charge is 2.26. The van der Waals surface area contributed by atoms with Crippen LogP contribution < -0.4 is 19.7 Å². The topological polar surface area (TPSA) is 67.9 Å². The van der Waals surface area contributed by atoms with Crippen molar-refractivity contribution in [1.29, 1.82) is 0 Å². The number of amides is 2. The molecule has 2 amide bonds. The number of fused-ring (bicyclic) bond motifs is 2. The SMILES string of the molecule is O=C(CCC(=O)N1CCOc2ccccc21)NC1CCOc2ccc(Br)cc21. The fourth-order valence-electron chi connectivity index (χ4n) is 3.57. The first-order valence-electron chi connectivity index (χ1n) is 9.35. The highest BCUT2D eigenvalue weighted by Crippen LogP contribution is 2.34. The lowest BCUT2D eigenvalue weighted by Gasteiger charge is -2.29. The molecule has 0 radical (unpaired) electrons. The number of rotatable bonds is 4. The van der Waals surface area contributed by atoms with Gasteiger partial charge in [-0.1, -0.05) is 28.1 Å². The number of ether oxygens (including phenoxy) is 2. The molecule has 0 aromatic heterocycles. The lowest BCUT2D eigenvalue weighted by Crippen LogP contribution is -2.39. The van der Waals surface area contributed by atoms with E-state index < -0.39 is 0 Å². The Morgan fingerprint density at radius 3 is 2.79 bits per heavy atom. The standard InChI is InChI=1S/C21H21BrN2O4/c22-14-5-6-18-15(13-14)16(9-11-27-18)23-20(25)7-8-21(26)24-10-12-28-19-4-2-1-3-17(19)24/h1-6,13,16H,7-12H2,(H,23,25). The Bertz CT molecular complexity index is 902. The normalized spacial score (nSPS) is 17.6. The van der Waals surface area contributed by atoms with Crippen LogP contribution in [0, 0.1) is 0 Å².